The van der Waals surface area contributed by atoms with E-state index in [1.165, 1.54) is 0 Å². The summed E-state index contributed by atoms with van der Waals surface area (Å²) in [6, 6.07) is 0.284. The molecule has 0 spiro atoms. The fourth-order valence-corrected chi connectivity index (χ4v) is 1.23. The van der Waals surface area contributed by atoms with Crippen molar-refractivity contribution in [1.82, 2.24) is 15.0 Å². The largest absolute Gasteiger partial charge is 0.463 e. The quantitative estimate of drug-likeness (QED) is 0.476. The molecule has 1 rings (SSSR count). The molecule has 0 aliphatic carbocycles. The normalized spacial score (nSPS) is 10.5. The molecule has 0 bridgehead atoms. The number of ether oxygens (including phenoxy) is 1. The highest BCUT2D eigenvalue weighted by molar-refractivity contribution is 5.34. The molecule has 0 saturated heterocycles. The molecule has 102 valence electrons. The minimum absolute atomic E-state index is 0.284. The van der Waals surface area contributed by atoms with Crippen LogP contribution in [0.4, 0.5) is 11.9 Å². The molecule has 1 heterocycles. The summed E-state index contributed by atoms with van der Waals surface area (Å²) in [6.07, 6.45) is 1.94. The predicted octanol–water partition coefficient (Wildman–Crippen LogP) is 1.40. The van der Waals surface area contributed by atoms with Crippen LogP contribution in [-0.4, -0.2) is 28.1 Å². The lowest BCUT2D eigenvalue weighted by atomic mass is 10.1. The van der Waals surface area contributed by atoms with Gasteiger partial charge in [0.15, 0.2) is 0 Å². The maximum absolute atomic E-state index is 5.37. The van der Waals surface area contributed by atoms with Gasteiger partial charge in [0.05, 0.1) is 6.61 Å². The average Bonchev–Trinajstić information content (AvgIpc) is 2.35. The van der Waals surface area contributed by atoms with Crippen molar-refractivity contribution in [3.05, 3.63) is 0 Å². The number of nitrogens with two attached hydrogens (primary N) is 1. The zero-order valence-corrected chi connectivity index (χ0v) is 11.2. The number of nitrogen functional groups attached to an aromatic ring is 1. The lowest BCUT2D eigenvalue weighted by Crippen LogP contribution is -2.15. The molecular formula is C11H22N6O. The lowest BCUT2D eigenvalue weighted by Gasteiger charge is -2.09. The molecule has 0 amide bonds. The number of nitrogens with zero attached hydrogens (tertiary/aromatic N) is 3. The van der Waals surface area contributed by atoms with Gasteiger partial charge in [-0.25, -0.2) is 5.84 Å². The van der Waals surface area contributed by atoms with E-state index in [4.69, 9.17) is 10.6 Å². The van der Waals surface area contributed by atoms with Gasteiger partial charge in [0.1, 0.15) is 0 Å². The van der Waals surface area contributed by atoms with Crippen LogP contribution in [0.3, 0.4) is 0 Å². The monoisotopic (exact) mass is 254 g/mol. The lowest BCUT2D eigenvalue weighted by molar-refractivity contribution is 0.292. The zero-order valence-electron chi connectivity index (χ0n) is 11.2. The van der Waals surface area contributed by atoms with E-state index in [0.717, 1.165) is 19.4 Å². The first-order chi connectivity index (χ1) is 8.65. The minimum atomic E-state index is 0.284. The van der Waals surface area contributed by atoms with Gasteiger partial charge in [-0.15, -0.1) is 0 Å². The Labute approximate surface area is 108 Å². The van der Waals surface area contributed by atoms with Gasteiger partial charge in [-0.3, -0.25) is 5.43 Å². The summed E-state index contributed by atoms with van der Waals surface area (Å²) in [7, 11) is 0. The average molecular weight is 254 g/mol. The first kappa shape index (κ1) is 14.4. The Bertz CT molecular complexity index is 357. The summed E-state index contributed by atoms with van der Waals surface area (Å²) in [6.45, 7) is 7.72. The molecule has 4 N–H and O–H groups in total. The van der Waals surface area contributed by atoms with Crippen molar-refractivity contribution in [2.75, 3.05) is 23.9 Å². The van der Waals surface area contributed by atoms with E-state index in [1.54, 1.807) is 0 Å². The van der Waals surface area contributed by atoms with Gasteiger partial charge >= 0.3 is 6.01 Å². The van der Waals surface area contributed by atoms with Crippen LogP contribution in [0.5, 0.6) is 6.01 Å². The molecule has 7 heteroatoms. The van der Waals surface area contributed by atoms with Crippen LogP contribution in [0.25, 0.3) is 0 Å². The summed E-state index contributed by atoms with van der Waals surface area (Å²) >= 11 is 0. The maximum atomic E-state index is 5.37. The van der Waals surface area contributed by atoms with Crippen LogP contribution in [0.15, 0.2) is 0 Å². The van der Waals surface area contributed by atoms with Crippen molar-refractivity contribution < 1.29 is 4.74 Å². The molecule has 18 heavy (non-hydrogen) atoms. The molecule has 0 aromatic carbocycles. The van der Waals surface area contributed by atoms with Gasteiger partial charge in [-0.2, -0.15) is 15.0 Å². The molecule has 0 unspecified atom stereocenters. The highest BCUT2D eigenvalue weighted by Crippen LogP contribution is 2.11. The second-order valence-corrected chi connectivity index (χ2v) is 4.37. The summed E-state index contributed by atoms with van der Waals surface area (Å²) in [5, 5.41) is 3.13. The second kappa shape index (κ2) is 7.65. The van der Waals surface area contributed by atoms with Gasteiger partial charge in [-0.1, -0.05) is 20.8 Å². The van der Waals surface area contributed by atoms with Gasteiger partial charge in [0.25, 0.3) is 0 Å². The molecule has 0 saturated carbocycles. The number of anilines is 2. The number of aromatic nitrogens is 3. The Morgan fingerprint density at radius 1 is 1.22 bits per heavy atom. The van der Waals surface area contributed by atoms with E-state index in [1.807, 2.05) is 6.92 Å². The fourth-order valence-electron chi connectivity index (χ4n) is 1.23. The summed E-state index contributed by atoms with van der Waals surface area (Å²) in [5.41, 5.74) is 2.40. The van der Waals surface area contributed by atoms with E-state index in [-0.39, 0.29) is 6.01 Å². The van der Waals surface area contributed by atoms with E-state index in [0.29, 0.717) is 24.4 Å². The Morgan fingerprint density at radius 3 is 2.56 bits per heavy atom. The highest BCUT2D eigenvalue weighted by atomic mass is 16.5. The molecule has 1 aromatic rings. The molecule has 0 radical (unpaired) electrons. The van der Waals surface area contributed by atoms with Crippen molar-refractivity contribution in [3.8, 4) is 6.01 Å². The Balaban J connectivity index is 2.64. The van der Waals surface area contributed by atoms with Crippen molar-refractivity contribution in [2.24, 2.45) is 11.8 Å². The third-order valence-electron chi connectivity index (χ3n) is 2.18. The number of hydrogen-bond donors (Lipinski definition) is 3. The fraction of sp³-hybridized carbons (Fsp3) is 0.727. The summed E-state index contributed by atoms with van der Waals surface area (Å²) < 4.78 is 5.37. The molecular weight excluding hydrogens is 232 g/mol. The van der Waals surface area contributed by atoms with Gasteiger partial charge in [0.2, 0.25) is 11.9 Å². The Morgan fingerprint density at radius 2 is 1.94 bits per heavy atom. The van der Waals surface area contributed by atoms with E-state index < -0.39 is 0 Å². The number of nitrogens with one attached hydrogen (secondary N) is 2. The van der Waals surface area contributed by atoms with Crippen molar-refractivity contribution in [1.29, 1.82) is 0 Å². The predicted molar refractivity (Wildman–Crippen MR) is 71.4 cm³/mol. The SMILES string of the molecule is CCCOc1nc(NN)nc(NCCC(C)C)n1. The standard InChI is InChI=1S/C11H22N6O/c1-4-7-18-11-15-9(13-6-5-8(2)3)14-10(16-11)17-12/h8H,4-7,12H2,1-3H3,(H2,13,14,15,16,17). The Kier molecular flexibility index (Phi) is 6.13. The first-order valence-electron chi connectivity index (χ1n) is 6.25. The molecule has 1 aromatic heterocycles. The van der Waals surface area contributed by atoms with Crippen LogP contribution in [0.1, 0.15) is 33.6 Å². The van der Waals surface area contributed by atoms with E-state index >= 15 is 0 Å². The van der Waals surface area contributed by atoms with Crippen LogP contribution < -0.4 is 21.3 Å². The molecule has 0 atom stereocenters. The summed E-state index contributed by atoms with van der Waals surface area (Å²) in [5.74, 6) is 6.71. The maximum Gasteiger partial charge on any atom is 0.323 e. The third-order valence-corrected chi connectivity index (χ3v) is 2.18. The van der Waals surface area contributed by atoms with Crippen LogP contribution in [0.2, 0.25) is 0 Å². The third kappa shape index (κ3) is 5.13. The molecule has 7 nitrogen and oxygen atoms in total. The number of hydrogen-bond acceptors (Lipinski definition) is 7. The van der Waals surface area contributed by atoms with Gasteiger partial charge in [-0.05, 0) is 18.8 Å². The summed E-state index contributed by atoms with van der Waals surface area (Å²) in [4.78, 5) is 12.3. The van der Waals surface area contributed by atoms with Crippen molar-refractivity contribution >= 4 is 11.9 Å². The van der Waals surface area contributed by atoms with Gasteiger partial charge < -0.3 is 10.1 Å². The molecule has 0 aliphatic rings. The Hall–Kier alpha value is -1.63. The zero-order chi connectivity index (χ0) is 13.4. The van der Waals surface area contributed by atoms with Crippen molar-refractivity contribution in [2.45, 2.75) is 33.6 Å². The van der Waals surface area contributed by atoms with Crippen molar-refractivity contribution in [3.63, 3.8) is 0 Å². The molecule has 0 aliphatic heterocycles. The minimum Gasteiger partial charge on any atom is -0.463 e. The topological polar surface area (TPSA) is 98.0 Å². The van der Waals surface area contributed by atoms with Crippen LogP contribution >= 0.6 is 0 Å². The van der Waals surface area contributed by atoms with E-state index in [9.17, 15) is 0 Å². The number of hydrazine groups is 1. The van der Waals surface area contributed by atoms with Crippen LogP contribution in [-0.2, 0) is 0 Å². The smallest absolute Gasteiger partial charge is 0.323 e. The second-order valence-electron chi connectivity index (χ2n) is 4.37. The molecule has 0 fully saturated rings. The van der Waals surface area contributed by atoms with Crippen LogP contribution in [0, 0.1) is 5.92 Å². The van der Waals surface area contributed by atoms with Gasteiger partial charge in [0, 0.05) is 6.54 Å². The highest BCUT2D eigenvalue weighted by Gasteiger charge is 2.06. The van der Waals surface area contributed by atoms with E-state index in [2.05, 4.69) is 39.5 Å². The first-order valence-corrected chi connectivity index (χ1v) is 6.25. The number of rotatable bonds is 8.